The lowest BCUT2D eigenvalue weighted by atomic mass is 9.59. The summed E-state index contributed by atoms with van der Waals surface area (Å²) >= 11 is 0. The first kappa shape index (κ1) is 14.8. The molecule has 4 atom stereocenters. The van der Waals surface area contributed by atoms with Crippen LogP contribution >= 0.6 is 0 Å². The Bertz CT molecular complexity index is 694. The van der Waals surface area contributed by atoms with Crippen molar-refractivity contribution in [1.29, 1.82) is 0 Å². The molecule has 0 saturated heterocycles. The molecule has 4 nitrogen and oxygen atoms in total. The number of allylic oxidation sites excluding steroid dienone is 2. The number of aliphatic hydroxyl groups is 1. The molecular weight excluding hydrogens is 290 g/mol. The molecule has 2 N–H and O–H groups in total. The Labute approximate surface area is 137 Å². The lowest BCUT2D eigenvalue weighted by Crippen LogP contribution is -3.06. The third kappa shape index (κ3) is 1.91. The number of benzene rings is 1. The van der Waals surface area contributed by atoms with Crippen molar-refractivity contribution in [1.82, 2.24) is 0 Å². The second kappa shape index (κ2) is 5.11. The monoisotopic (exact) mass is 314 g/mol. The SMILES string of the molecule is COc1ccc2c3c1OC1C(O)C=CC(C=C2)C31CC[NH+](C)C. The van der Waals surface area contributed by atoms with Gasteiger partial charge in [-0.3, -0.25) is 0 Å². The minimum absolute atomic E-state index is 0.195. The molecule has 0 aromatic heterocycles. The molecule has 2 aliphatic carbocycles. The molecule has 0 fully saturated rings. The van der Waals surface area contributed by atoms with Crippen LogP contribution in [0, 0.1) is 5.92 Å². The number of nitrogens with one attached hydrogen (secondary N) is 1. The van der Waals surface area contributed by atoms with Crippen molar-refractivity contribution in [2.75, 3.05) is 27.7 Å². The van der Waals surface area contributed by atoms with Gasteiger partial charge in [0.15, 0.2) is 11.5 Å². The van der Waals surface area contributed by atoms with Crippen LogP contribution in [0.4, 0.5) is 0 Å². The third-order valence-corrected chi connectivity index (χ3v) is 5.53. The molecule has 4 unspecified atom stereocenters. The van der Waals surface area contributed by atoms with Gasteiger partial charge in [0.2, 0.25) is 0 Å². The van der Waals surface area contributed by atoms with Crippen molar-refractivity contribution >= 4 is 6.08 Å². The Balaban J connectivity index is 1.93. The Morgan fingerprint density at radius 1 is 1.26 bits per heavy atom. The second-order valence-electron chi connectivity index (χ2n) is 7.11. The molecule has 122 valence electrons. The van der Waals surface area contributed by atoms with E-state index in [2.05, 4.69) is 38.4 Å². The van der Waals surface area contributed by atoms with Gasteiger partial charge in [0, 0.05) is 17.9 Å². The van der Waals surface area contributed by atoms with E-state index in [0.29, 0.717) is 0 Å². The lowest BCUT2D eigenvalue weighted by molar-refractivity contribution is -0.859. The van der Waals surface area contributed by atoms with Gasteiger partial charge in [-0.05, 0) is 11.6 Å². The van der Waals surface area contributed by atoms with Crippen molar-refractivity contribution in [2.45, 2.75) is 24.0 Å². The van der Waals surface area contributed by atoms with Crippen LogP contribution in [0.1, 0.15) is 17.5 Å². The highest BCUT2D eigenvalue weighted by Crippen LogP contribution is 2.59. The number of hydrogen-bond donors (Lipinski definition) is 2. The zero-order valence-corrected chi connectivity index (χ0v) is 13.9. The second-order valence-corrected chi connectivity index (χ2v) is 7.11. The average molecular weight is 314 g/mol. The van der Waals surface area contributed by atoms with Crippen LogP contribution in [0.3, 0.4) is 0 Å². The minimum Gasteiger partial charge on any atom is -0.493 e. The van der Waals surface area contributed by atoms with Crippen LogP contribution in [-0.2, 0) is 5.41 Å². The first-order valence-electron chi connectivity index (χ1n) is 8.29. The van der Waals surface area contributed by atoms with Crippen molar-refractivity contribution in [2.24, 2.45) is 5.92 Å². The average Bonchev–Trinajstić information content (AvgIpc) is 2.90. The smallest absolute Gasteiger partial charge is 0.166 e. The molecule has 0 saturated carbocycles. The fourth-order valence-corrected chi connectivity index (χ4v) is 4.42. The maximum atomic E-state index is 10.6. The van der Waals surface area contributed by atoms with E-state index in [1.165, 1.54) is 16.0 Å². The molecule has 1 heterocycles. The normalized spacial score (nSPS) is 32.8. The number of rotatable bonds is 4. The molecule has 0 radical (unpaired) electrons. The highest BCUT2D eigenvalue weighted by molar-refractivity contribution is 5.71. The molecule has 4 rings (SSSR count). The molecule has 3 aliphatic rings. The van der Waals surface area contributed by atoms with E-state index in [-0.39, 0.29) is 17.4 Å². The van der Waals surface area contributed by atoms with E-state index in [1.54, 1.807) is 7.11 Å². The van der Waals surface area contributed by atoms with Crippen molar-refractivity contribution in [3.8, 4) is 11.5 Å². The largest absolute Gasteiger partial charge is 0.493 e. The summed E-state index contributed by atoms with van der Waals surface area (Å²) in [6.07, 6.45) is 8.61. The Kier molecular flexibility index (Phi) is 3.29. The quantitative estimate of drug-likeness (QED) is 0.808. The molecule has 0 amide bonds. The molecule has 4 heteroatoms. The van der Waals surface area contributed by atoms with Crippen LogP contribution in [0.2, 0.25) is 0 Å². The van der Waals surface area contributed by atoms with E-state index >= 15 is 0 Å². The molecule has 1 aliphatic heterocycles. The first-order valence-corrected chi connectivity index (χ1v) is 8.29. The zero-order chi connectivity index (χ0) is 16.2. The maximum Gasteiger partial charge on any atom is 0.166 e. The Hall–Kier alpha value is -1.78. The fraction of sp³-hybridized carbons (Fsp3) is 0.474. The predicted octanol–water partition coefficient (Wildman–Crippen LogP) is 0.802. The molecule has 1 aromatic carbocycles. The summed E-state index contributed by atoms with van der Waals surface area (Å²) in [5, 5.41) is 10.6. The van der Waals surface area contributed by atoms with Gasteiger partial charge in [0.05, 0.1) is 33.2 Å². The van der Waals surface area contributed by atoms with Crippen molar-refractivity contribution < 1.29 is 19.5 Å². The van der Waals surface area contributed by atoms with Crippen LogP contribution in [-0.4, -0.2) is 45.1 Å². The van der Waals surface area contributed by atoms with Crippen molar-refractivity contribution in [3.63, 3.8) is 0 Å². The lowest BCUT2D eigenvalue weighted by Gasteiger charge is -2.44. The number of ether oxygens (including phenoxy) is 2. The summed E-state index contributed by atoms with van der Waals surface area (Å²) in [5.41, 5.74) is 2.22. The Morgan fingerprint density at radius 3 is 2.83 bits per heavy atom. The summed E-state index contributed by atoms with van der Waals surface area (Å²) in [5.74, 6) is 1.84. The third-order valence-electron chi connectivity index (χ3n) is 5.53. The number of methoxy groups -OCH3 is 1. The number of hydrogen-bond acceptors (Lipinski definition) is 3. The zero-order valence-electron chi connectivity index (χ0n) is 13.9. The van der Waals surface area contributed by atoms with Crippen LogP contribution in [0.15, 0.2) is 30.4 Å². The van der Waals surface area contributed by atoms with Gasteiger partial charge in [0.25, 0.3) is 0 Å². The fourth-order valence-electron chi connectivity index (χ4n) is 4.42. The molecule has 1 aromatic rings. The standard InChI is InChI=1S/C19H23NO3/c1-20(2)11-10-19-13-6-4-12-5-9-15(22-3)17(16(12)19)23-18(19)14(21)8-7-13/h4-9,13-14,18,21H,10-11H2,1-3H3/p+1. The topological polar surface area (TPSA) is 43.1 Å². The highest BCUT2D eigenvalue weighted by Gasteiger charge is 2.59. The summed E-state index contributed by atoms with van der Waals surface area (Å²) in [6.45, 7) is 1.03. The van der Waals surface area contributed by atoms with Crippen LogP contribution in [0.5, 0.6) is 11.5 Å². The molecular formula is C19H24NO3+. The van der Waals surface area contributed by atoms with E-state index < -0.39 is 6.10 Å². The van der Waals surface area contributed by atoms with Gasteiger partial charge in [-0.15, -0.1) is 0 Å². The van der Waals surface area contributed by atoms with Gasteiger partial charge in [-0.25, -0.2) is 0 Å². The van der Waals surface area contributed by atoms with Crippen LogP contribution < -0.4 is 14.4 Å². The van der Waals surface area contributed by atoms with E-state index in [9.17, 15) is 5.11 Å². The summed E-state index contributed by atoms with van der Waals surface area (Å²) in [4.78, 5) is 1.41. The molecule has 0 bridgehead atoms. The number of aliphatic hydroxyl groups excluding tert-OH is 1. The Morgan fingerprint density at radius 2 is 2.09 bits per heavy atom. The van der Waals surface area contributed by atoms with E-state index in [0.717, 1.165) is 24.5 Å². The number of quaternary nitrogens is 1. The van der Waals surface area contributed by atoms with Gasteiger partial charge < -0.3 is 19.5 Å². The predicted molar refractivity (Wildman–Crippen MR) is 89.1 cm³/mol. The molecule has 0 spiro atoms. The minimum atomic E-state index is -0.583. The first-order chi connectivity index (χ1) is 11.1. The molecule has 23 heavy (non-hydrogen) atoms. The van der Waals surface area contributed by atoms with Crippen molar-refractivity contribution in [3.05, 3.63) is 41.5 Å². The van der Waals surface area contributed by atoms with Gasteiger partial charge in [-0.1, -0.05) is 30.4 Å². The maximum absolute atomic E-state index is 10.6. The summed E-state index contributed by atoms with van der Waals surface area (Å²) < 4.78 is 11.8. The summed E-state index contributed by atoms with van der Waals surface area (Å²) in [7, 11) is 6.01. The highest BCUT2D eigenvalue weighted by atomic mass is 16.5. The van der Waals surface area contributed by atoms with Gasteiger partial charge >= 0.3 is 0 Å². The van der Waals surface area contributed by atoms with E-state index in [4.69, 9.17) is 9.47 Å². The van der Waals surface area contributed by atoms with Gasteiger partial charge in [0.1, 0.15) is 12.2 Å². The van der Waals surface area contributed by atoms with Gasteiger partial charge in [-0.2, -0.15) is 0 Å². The van der Waals surface area contributed by atoms with E-state index in [1.807, 2.05) is 12.1 Å². The van der Waals surface area contributed by atoms with Crippen LogP contribution in [0.25, 0.3) is 6.08 Å². The summed E-state index contributed by atoms with van der Waals surface area (Å²) in [6, 6.07) is 4.06.